The molecule has 0 fully saturated rings. The molecule has 0 N–H and O–H groups in total. The summed E-state index contributed by atoms with van der Waals surface area (Å²) in [5.41, 5.74) is -0.877. The summed E-state index contributed by atoms with van der Waals surface area (Å²) in [5, 5.41) is -0.655. The van der Waals surface area contributed by atoms with E-state index in [4.69, 9.17) is 23.2 Å². The van der Waals surface area contributed by atoms with E-state index in [2.05, 4.69) is 0 Å². The second kappa shape index (κ2) is 6.17. The first-order valence-electron chi connectivity index (χ1n) is 8.25. The average Bonchev–Trinajstić information content (AvgIpc) is 2.61. The molecule has 0 unspecified atom stereocenters. The van der Waals surface area contributed by atoms with Crippen LogP contribution in [-0.4, -0.2) is 52.7 Å². The fourth-order valence-corrected chi connectivity index (χ4v) is 4.25. The van der Waals surface area contributed by atoms with Crippen LogP contribution in [0.25, 0.3) is 10.8 Å². The van der Waals surface area contributed by atoms with Gasteiger partial charge < -0.3 is 0 Å². The van der Waals surface area contributed by atoms with Crippen LogP contribution >= 0.6 is 23.2 Å². The molecule has 0 saturated heterocycles. The number of benzene rings is 2. The van der Waals surface area contributed by atoms with Crippen LogP contribution in [0, 0.1) is 0 Å². The van der Waals surface area contributed by atoms with E-state index in [1.165, 1.54) is 0 Å². The van der Waals surface area contributed by atoms with Crippen LogP contribution < -0.4 is 0 Å². The fraction of sp³-hybridized carbons (Fsp3) is 0.222. The van der Waals surface area contributed by atoms with Gasteiger partial charge >= 0.3 is 6.18 Å². The molecule has 0 radical (unpaired) electrons. The molecule has 0 bridgehead atoms. The molecule has 2 heterocycles. The third-order valence-corrected chi connectivity index (χ3v) is 5.43. The summed E-state index contributed by atoms with van der Waals surface area (Å²) in [6.45, 7) is -0.217. The molecule has 4 rings (SSSR count). The van der Waals surface area contributed by atoms with Gasteiger partial charge in [0, 0.05) is 17.3 Å². The normalized spacial score (nSPS) is 16.3. The van der Waals surface area contributed by atoms with E-state index >= 15 is 0 Å². The first kappa shape index (κ1) is 19.7. The molecule has 2 aromatic carbocycles. The molecule has 4 amide bonds. The Labute approximate surface area is 170 Å². The first-order chi connectivity index (χ1) is 13.5. The predicted molar refractivity (Wildman–Crippen MR) is 96.4 cm³/mol. The zero-order valence-electron chi connectivity index (χ0n) is 14.5. The van der Waals surface area contributed by atoms with Crippen molar-refractivity contribution >= 4 is 57.6 Å². The molecule has 2 aromatic rings. The van der Waals surface area contributed by atoms with E-state index < -0.39 is 36.3 Å². The quantitative estimate of drug-likeness (QED) is 0.657. The van der Waals surface area contributed by atoms with Crippen LogP contribution in [0.3, 0.4) is 0 Å². The topological polar surface area (TPSA) is 74.8 Å². The zero-order chi connectivity index (χ0) is 21.4. The van der Waals surface area contributed by atoms with Gasteiger partial charge in [0.25, 0.3) is 23.6 Å². The summed E-state index contributed by atoms with van der Waals surface area (Å²) in [4.78, 5) is 51.8. The number of rotatable bonds is 2. The molecule has 29 heavy (non-hydrogen) atoms. The highest BCUT2D eigenvalue weighted by Crippen LogP contribution is 2.44. The van der Waals surface area contributed by atoms with Crippen molar-refractivity contribution in [3.05, 3.63) is 44.4 Å². The maximum Gasteiger partial charge on any atom is 0.406 e. The molecule has 0 saturated carbocycles. The Morgan fingerprint density at radius 3 is 1.62 bits per heavy atom. The standard InChI is InChI=1S/C18H9Cl2F3N2O4/c1-2-24-16(28)11-8(19)3-6-10-7(4-9(20)12(13(10)11)17(24)29)15(27)25(14(6)26)5-18(21,22)23/h3-4H,2,5H2,1H3. The van der Waals surface area contributed by atoms with Crippen LogP contribution in [0.1, 0.15) is 48.4 Å². The van der Waals surface area contributed by atoms with Gasteiger partial charge in [0.15, 0.2) is 0 Å². The van der Waals surface area contributed by atoms with Gasteiger partial charge in [-0.25, -0.2) is 0 Å². The highest BCUT2D eigenvalue weighted by atomic mass is 35.5. The van der Waals surface area contributed by atoms with Crippen molar-refractivity contribution in [3.63, 3.8) is 0 Å². The summed E-state index contributed by atoms with van der Waals surface area (Å²) in [6, 6.07) is 2.08. The minimum atomic E-state index is -4.82. The maximum absolute atomic E-state index is 12.9. The largest absolute Gasteiger partial charge is 0.406 e. The SMILES string of the molecule is CCN1C(=O)c2c(Cl)cc3c4c(cc(Cl)c(c24)C1=O)C(=O)N(CC(F)(F)F)C3=O. The van der Waals surface area contributed by atoms with Crippen molar-refractivity contribution in [1.29, 1.82) is 0 Å². The second-order valence-electron chi connectivity index (χ2n) is 6.48. The molecular formula is C18H9Cl2F3N2O4. The van der Waals surface area contributed by atoms with E-state index in [-0.39, 0.29) is 54.5 Å². The number of carbonyl (C=O) groups is 4. The minimum absolute atomic E-state index is 0.0198. The molecule has 0 spiro atoms. The number of nitrogens with zero attached hydrogens (tertiary/aromatic N) is 2. The lowest BCUT2D eigenvalue weighted by atomic mass is 9.85. The Bertz CT molecular complexity index is 1100. The average molecular weight is 445 g/mol. The Morgan fingerprint density at radius 2 is 1.24 bits per heavy atom. The van der Waals surface area contributed by atoms with E-state index in [0.717, 1.165) is 17.0 Å². The number of halogens is 5. The lowest BCUT2D eigenvalue weighted by Gasteiger charge is -2.32. The number of hydrogen-bond acceptors (Lipinski definition) is 4. The van der Waals surface area contributed by atoms with Crippen molar-refractivity contribution in [2.45, 2.75) is 13.1 Å². The van der Waals surface area contributed by atoms with Crippen LogP contribution in [0.5, 0.6) is 0 Å². The first-order valence-corrected chi connectivity index (χ1v) is 9.01. The van der Waals surface area contributed by atoms with Gasteiger partial charge in [-0.15, -0.1) is 0 Å². The monoisotopic (exact) mass is 444 g/mol. The molecule has 0 aliphatic carbocycles. The fourth-order valence-electron chi connectivity index (χ4n) is 3.68. The number of carbonyl (C=O) groups excluding carboxylic acids is 4. The lowest BCUT2D eigenvalue weighted by molar-refractivity contribution is -0.136. The number of alkyl halides is 3. The van der Waals surface area contributed by atoms with Crippen molar-refractivity contribution in [3.8, 4) is 0 Å². The molecule has 2 aliphatic heterocycles. The molecule has 0 atom stereocenters. The molecular weight excluding hydrogens is 436 g/mol. The van der Waals surface area contributed by atoms with Crippen LogP contribution in [-0.2, 0) is 0 Å². The molecule has 6 nitrogen and oxygen atoms in total. The summed E-state index contributed by atoms with van der Waals surface area (Å²) in [6.07, 6.45) is -4.82. The Morgan fingerprint density at radius 1 is 0.793 bits per heavy atom. The summed E-state index contributed by atoms with van der Waals surface area (Å²) in [5.74, 6) is -3.93. The van der Waals surface area contributed by atoms with Gasteiger partial charge in [0.1, 0.15) is 6.54 Å². The van der Waals surface area contributed by atoms with Gasteiger partial charge in [-0.3, -0.25) is 29.0 Å². The van der Waals surface area contributed by atoms with Crippen LogP contribution in [0.4, 0.5) is 13.2 Å². The number of amides is 4. The molecule has 11 heteroatoms. The van der Waals surface area contributed by atoms with Crippen molar-refractivity contribution in [1.82, 2.24) is 9.80 Å². The van der Waals surface area contributed by atoms with Gasteiger partial charge in [-0.2, -0.15) is 13.2 Å². The minimum Gasteiger partial charge on any atom is -0.275 e. The smallest absolute Gasteiger partial charge is 0.275 e. The predicted octanol–water partition coefficient (Wildman–Crippen LogP) is 3.92. The Kier molecular flexibility index (Phi) is 4.18. The van der Waals surface area contributed by atoms with E-state index in [9.17, 15) is 32.3 Å². The number of imide groups is 2. The van der Waals surface area contributed by atoms with E-state index in [0.29, 0.717) is 0 Å². The van der Waals surface area contributed by atoms with Crippen molar-refractivity contribution in [2.24, 2.45) is 0 Å². The molecule has 0 aromatic heterocycles. The zero-order valence-corrected chi connectivity index (χ0v) is 16.0. The summed E-state index contributed by atoms with van der Waals surface area (Å²) < 4.78 is 38.7. The molecule has 2 aliphatic rings. The second-order valence-corrected chi connectivity index (χ2v) is 7.29. The Balaban J connectivity index is 2.11. The highest BCUT2D eigenvalue weighted by molar-refractivity contribution is 6.45. The number of hydrogen-bond donors (Lipinski definition) is 0. The van der Waals surface area contributed by atoms with Gasteiger partial charge in [-0.05, 0) is 19.1 Å². The van der Waals surface area contributed by atoms with Gasteiger partial charge in [-0.1, -0.05) is 23.2 Å². The van der Waals surface area contributed by atoms with Crippen molar-refractivity contribution < 1.29 is 32.3 Å². The highest BCUT2D eigenvalue weighted by Gasteiger charge is 2.44. The third kappa shape index (κ3) is 2.64. The summed E-state index contributed by atoms with van der Waals surface area (Å²) >= 11 is 12.4. The third-order valence-electron chi connectivity index (χ3n) is 4.83. The van der Waals surface area contributed by atoms with Gasteiger partial charge in [0.2, 0.25) is 0 Å². The van der Waals surface area contributed by atoms with Gasteiger partial charge in [0.05, 0.1) is 32.3 Å². The Hall–Kier alpha value is -2.65. The molecule has 150 valence electrons. The summed E-state index contributed by atoms with van der Waals surface area (Å²) in [7, 11) is 0. The van der Waals surface area contributed by atoms with E-state index in [1.807, 2.05) is 0 Å². The maximum atomic E-state index is 12.9. The van der Waals surface area contributed by atoms with E-state index in [1.54, 1.807) is 6.92 Å². The lowest BCUT2D eigenvalue weighted by Crippen LogP contribution is -2.46. The van der Waals surface area contributed by atoms with Crippen LogP contribution in [0.15, 0.2) is 12.1 Å². The van der Waals surface area contributed by atoms with Crippen LogP contribution in [0.2, 0.25) is 10.0 Å². The van der Waals surface area contributed by atoms with Crippen molar-refractivity contribution in [2.75, 3.05) is 13.1 Å².